The second-order valence-electron chi connectivity index (χ2n) is 4.01. The van der Waals surface area contributed by atoms with Crippen LogP contribution in [0.4, 0.5) is 13.2 Å². The van der Waals surface area contributed by atoms with E-state index in [1.807, 2.05) is 0 Å². The summed E-state index contributed by atoms with van der Waals surface area (Å²) in [6.07, 6.45) is -2.00. The molecule has 3 atom stereocenters. The van der Waals surface area contributed by atoms with E-state index < -0.39 is 12.1 Å². The standard InChI is InChI=1S/C9H13F3O/c10-9(11,12)7-2-1-6-3-4-13-8(6)5-7/h6-8H,1-5H2/t6-,7+,8+/m0/s1. The van der Waals surface area contributed by atoms with Crippen molar-refractivity contribution < 1.29 is 17.9 Å². The largest absolute Gasteiger partial charge is 0.391 e. The number of ether oxygens (including phenoxy) is 1. The van der Waals surface area contributed by atoms with Crippen molar-refractivity contribution in [2.45, 2.75) is 38.0 Å². The second kappa shape index (κ2) is 3.15. The monoisotopic (exact) mass is 194 g/mol. The van der Waals surface area contributed by atoms with E-state index >= 15 is 0 Å². The lowest BCUT2D eigenvalue weighted by atomic mass is 9.79. The summed E-state index contributed by atoms with van der Waals surface area (Å²) in [5, 5.41) is 0. The Kier molecular flexibility index (Phi) is 2.26. The summed E-state index contributed by atoms with van der Waals surface area (Å²) in [5.41, 5.74) is 0. The third kappa shape index (κ3) is 1.82. The van der Waals surface area contributed by atoms with Gasteiger partial charge in [0.05, 0.1) is 12.0 Å². The zero-order valence-electron chi connectivity index (χ0n) is 7.31. The van der Waals surface area contributed by atoms with Gasteiger partial charge in [-0.05, 0) is 31.6 Å². The maximum Gasteiger partial charge on any atom is 0.391 e. The highest BCUT2D eigenvalue weighted by atomic mass is 19.4. The Morgan fingerprint density at radius 1 is 1.08 bits per heavy atom. The Hall–Kier alpha value is -0.250. The first-order valence-electron chi connectivity index (χ1n) is 4.75. The van der Waals surface area contributed by atoms with Gasteiger partial charge in [-0.3, -0.25) is 0 Å². The van der Waals surface area contributed by atoms with Crippen molar-refractivity contribution in [2.24, 2.45) is 11.8 Å². The topological polar surface area (TPSA) is 9.23 Å². The SMILES string of the molecule is FC(F)(F)[C@@H]1CC[C@H]2CCO[C@@H]2C1. The summed E-state index contributed by atoms with van der Waals surface area (Å²) in [6, 6.07) is 0. The fourth-order valence-electron chi connectivity index (χ4n) is 2.39. The Morgan fingerprint density at radius 2 is 1.85 bits per heavy atom. The third-order valence-electron chi connectivity index (χ3n) is 3.21. The maximum absolute atomic E-state index is 12.3. The first-order chi connectivity index (χ1) is 6.07. The Bertz CT molecular complexity index is 190. The van der Waals surface area contributed by atoms with Crippen molar-refractivity contribution in [3.63, 3.8) is 0 Å². The lowest BCUT2D eigenvalue weighted by molar-refractivity contribution is -0.192. The van der Waals surface area contributed by atoms with Crippen LogP contribution in [-0.2, 0) is 4.74 Å². The van der Waals surface area contributed by atoms with Gasteiger partial charge < -0.3 is 4.74 Å². The normalized spacial score (nSPS) is 40.4. The molecule has 0 spiro atoms. The third-order valence-corrected chi connectivity index (χ3v) is 3.21. The number of alkyl halides is 3. The van der Waals surface area contributed by atoms with Crippen molar-refractivity contribution in [1.82, 2.24) is 0 Å². The van der Waals surface area contributed by atoms with Crippen LogP contribution in [0, 0.1) is 11.8 Å². The lowest BCUT2D eigenvalue weighted by Crippen LogP contribution is -2.34. The highest BCUT2D eigenvalue weighted by Gasteiger charge is 2.46. The molecule has 0 aromatic heterocycles. The fourth-order valence-corrected chi connectivity index (χ4v) is 2.39. The van der Waals surface area contributed by atoms with Crippen molar-refractivity contribution >= 4 is 0 Å². The number of rotatable bonds is 0. The van der Waals surface area contributed by atoms with E-state index in [4.69, 9.17) is 4.74 Å². The van der Waals surface area contributed by atoms with Crippen LogP contribution >= 0.6 is 0 Å². The van der Waals surface area contributed by atoms with Gasteiger partial charge in [-0.1, -0.05) is 0 Å². The van der Waals surface area contributed by atoms with Crippen LogP contribution < -0.4 is 0 Å². The molecule has 2 fully saturated rings. The van der Waals surface area contributed by atoms with Gasteiger partial charge in [0, 0.05) is 6.61 Å². The molecule has 0 aromatic rings. The minimum atomic E-state index is -4.02. The first-order valence-corrected chi connectivity index (χ1v) is 4.75. The molecule has 0 amide bonds. The summed E-state index contributed by atoms with van der Waals surface area (Å²) < 4.78 is 42.3. The molecular weight excluding hydrogens is 181 g/mol. The summed E-state index contributed by atoms with van der Waals surface area (Å²) in [4.78, 5) is 0. The van der Waals surface area contributed by atoms with Gasteiger partial charge in [0.25, 0.3) is 0 Å². The van der Waals surface area contributed by atoms with E-state index in [2.05, 4.69) is 0 Å². The average molecular weight is 194 g/mol. The molecule has 76 valence electrons. The van der Waals surface area contributed by atoms with Gasteiger partial charge in [-0.15, -0.1) is 0 Å². The predicted octanol–water partition coefficient (Wildman–Crippen LogP) is 2.75. The highest BCUT2D eigenvalue weighted by Crippen LogP contribution is 2.43. The molecule has 1 nitrogen and oxygen atoms in total. The molecule has 0 bridgehead atoms. The fraction of sp³-hybridized carbons (Fsp3) is 1.00. The number of hydrogen-bond acceptors (Lipinski definition) is 1. The van der Waals surface area contributed by atoms with Crippen molar-refractivity contribution in [2.75, 3.05) is 6.61 Å². The zero-order chi connectivity index (χ0) is 9.47. The van der Waals surface area contributed by atoms with Gasteiger partial charge in [0.1, 0.15) is 0 Å². The quantitative estimate of drug-likeness (QED) is 0.576. The van der Waals surface area contributed by atoms with Gasteiger partial charge in [-0.2, -0.15) is 13.2 Å². The molecule has 1 saturated carbocycles. The molecule has 13 heavy (non-hydrogen) atoms. The van der Waals surface area contributed by atoms with E-state index in [0.717, 1.165) is 6.42 Å². The number of halogens is 3. The maximum atomic E-state index is 12.3. The lowest BCUT2D eigenvalue weighted by Gasteiger charge is -2.31. The minimum absolute atomic E-state index is 0.111. The number of fused-ring (bicyclic) bond motifs is 1. The van der Waals surface area contributed by atoms with Gasteiger partial charge in [-0.25, -0.2) is 0 Å². The van der Waals surface area contributed by atoms with E-state index in [9.17, 15) is 13.2 Å². The van der Waals surface area contributed by atoms with E-state index in [1.54, 1.807) is 0 Å². The van der Waals surface area contributed by atoms with Crippen molar-refractivity contribution in [3.05, 3.63) is 0 Å². The Morgan fingerprint density at radius 3 is 2.54 bits per heavy atom. The minimum Gasteiger partial charge on any atom is -0.378 e. The van der Waals surface area contributed by atoms with Gasteiger partial charge in [0.15, 0.2) is 0 Å². The summed E-state index contributed by atoms with van der Waals surface area (Å²) >= 11 is 0. The summed E-state index contributed by atoms with van der Waals surface area (Å²) in [7, 11) is 0. The smallest absolute Gasteiger partial charge is 0.378 e. The van der Waals surface area contributed by atoms with E-state index in [0.29, 0.717) is 25.4 Å². The van der Waals surface area contributed by atoms with Gasteiger partial charge in [0.2, 0.25) is 0 Å². The molecule has 1 saturated heterocycles. The van der Waals surface area contributed by atoms with Crippen LogP contribution in [0.1, 0.15) is 25.7 Å². The highest BCUT2D eigenvalue weighted by molar-refractivity contribution is 4.86. The van der Waals surface area contributed by atoms with E-state index in [-0.39, 0.29) is 12.5 Å². The first kappa shape index (κ1) is 9.31. The Labute approximate surface area is 75.3 Å². The second-order valence-corrected chi connectivity index (χ2v) is 4.01. The zero-order valence-corrected chi connectivity index (χ0v) is 7.31. The van der Waals surface area contributed by atoms with Crippen LogP contribution in [0.25, 0.3) is 0 Å². The molecule has 1 aliphatic heterocycles. The molecule has 2 aliphatic rings. The van der Waals surface area contributed by atoms with Crippen LogP contribution in [0.3, 0.4) is 0 Å². The molecule has 0 aromatic carbocycles. The molecule has 1 aliphatic carbocycles. The molecule has 0 unspecified atom stereocenters. The number of hydrogen-bond donors (Lipinski definition) is 0. The van der Waals surface area contributed by atoms with E-state index in [1.165, 1.54) is 0 Å². The molecule has 0 radical (unpaired) electrons. The molecule has 1 heterocycles. The van der Waals surface area contributed by atoms with Gasteiger partial charge >= 0.3 is 6.18 Å². The molecule has 0 N–H and O–H groups in total. The van der Waals surface area contributed by atoms with Crippen LogP contribution in [0.5, 0.6) is 0 Å². The van der Waals surface area contributed by atoms with Crippen molar-refractivity contribution in [3.8, 4) is 0 Å². The average Bonchev–Trinajstić information content (AvgIpc) is 2.47. The molecular formula is C9H13F3O. The summed E-state index contributed by atoms with van der Waals surface area (Å²) in [5.74, 6) is -0.717. The molecule has 4 heteroatoms. The molecule has 2 rings (SSSR count). The summed E-state index contributed by atoms with van der Waals surface area (Å²) in [6.45, 7) is 0.653. The van der Waals surface area contributed by atoms with Crippen molar-refractivity contribution in [1.29, 1.82) is 0 Å². The van der Waals surface area contributed by atoms with Crippen LogP contribution in [0.15, 0.2) is 0 Å². The Balaban J connectivity index is 1.97. The van der Waals surface area contributed by atoms with Crippen LogP contribution in [-0.4, -0.2) is 18.9 Å². The van der Waals surface area contributed by atoms with Crippen LogP contribution in [0.2, 0.25) is 0 Å². The predicted molar refractivity (Wildman–Crippen MR) is 41.2 cm³/mol.